The Kier molecular flexibility index (Phi) is 3.70. The van der Waals surface area contributed by atoms with Crippen molar-refractivity contribution >= 4 is 12.6 Å². The maximum atomic E-state index is 9.88. The second-order valence-electron chi connectivity index (χ2n) is 2.34. The second kappa shape index (κ2) is 5.17. The number of hydrogen-bond donors (Lipinski definition) is 2. The molecule has 1 aliphatic heterocycles. The molecule has 0 spiro atoms. The van der Waals surface area contributed by atoms with E-state index in [4.69, 9.17) is 0 Å². The third-order valence-electron chi connectivity index (χ3n) is 1.42. The molecule has 0 unspecified atom stereocenters. The lowest BCUT2D eigenvalue weighted by Crippen LogP contribution is -2.33. The van der Waals surface area contributed by atoms with Crippen LogP contribution in [0.3, 0.4) is 0 Å². The molecule has 12 heavy (non-hydrogen) atoms. The molecule has 0 radical (unpaired) electrons. The van der Waals surface area contributed by atoms with Gasteiger partial charge in [0.25, 0.3) is 0 Å². The van der Waals surface area contributed by atoms with E-state index in [1.165, 1.54) is 0 Å². The highest BCUT2D eigenvalue weighted by Gasteiger charge is 1.97. The first kappa shape index (κ1) is 8.58. The predicted octanol–water partition coefficient (Wildman–Crippen LogP) is -0.558. The normalized spacial score (nSPS) is 14.2. The van der Waals surface area contributed by atoms with Crippen molar-refractivity contribution < 1.29 is 4.79 Å². The summed E-state index contributed by atoms with van der Waals surface area (Å²) in [7, 11) is 0. The van der Waals surface area contributed by atoms with Crippen LogP contribution in [0.2, 0.25) is 0 Å². The maximum Gasteiger partial charge on any atom is 0.207 e. The molecule has 0 aromatic rings. The lowest BCUT2D eigenvalue weighted by molar-refractivity contribution is -0.109. The molecule has 0 aromatic carbocycles. The topological polar surface area (TPSA) is 56.7 Å². The fourth-order valence-corrected chi connectivity index (χ4v) is 0.861. The van der Waals surface area contributed by atoms with Gasteiger partial charge in [-0.3, -0.25) is 9.80 Å². The number of nitrogens with zero attached hydrogens (tertiary/aromatic N) is 2. The van der Waals surface area contributed by atoms with Gasteiger partial charge in [0, 0.05) is 19.3 Å². The molecule has 1 amide bonds. The molecule has 1 rings (SSSR count). The van der Waals surface area contributed by atoms with Gasteiger partial charge in [0.05, 0.1) is 6.21 Å². The van der Waals surface area contributed by atoms with Crippen LogP contribution < -0.4 is 10.9 Å². The molecule has 0 aliphatic carbocycles. The fraction of sp³-hybridized carbons (Fsp3) is 0.429. The Hall–Kier alpha value is -1.52. The van der Waals surface area contributed by atoms with E-state index in [0.29, 0.717) is 13.0 Å². The zero-order valence-electron chi connectivity index (χ0n) is 6.73. The maximum absolute atomic E-state index is 9.88. The lowest BCUT2D eigenvalue weighted by atomic mass is 10.4. The highest BCUT2D eigenvalue weighted by molar-refractivity contribution is 5.70. The summed E-state index contributed by atoms with van der Waals surface area (Å²) >= 11 is 0. The van der Waals surface area contributed by atoms with Gasteiger partial charge >= 0.3 is 0 Å². The first-order valence-electron chi connectivity index (χ1n) is 3.82. The summed E-state index contributed by atoms with van der Waals surface area (Å²) in [6.07, 6.45) is 7.03. The van der Waals surface area contributed by atoms with Crippen LogP contribution in [-0.4, -0.2) is 30.7 Å². The number of amides is 1. The summed E-state index contributed by atoms with van der Waals surface area (Å²) in [5, 5.41) is 8.28. The van der Waals surface area contributed by atoms with E-state index in [9.17, 15) is 4.79 Å². The monoisotopic (exact) mass is 168 g/mol. The van der Waals surface area contributed by atoms with Gasteiger partial charge in [0.1, 0.15) is 0 Å². The van der Waals surface area contributed by atoms with Gasteiger partial charge in [0.2, 0.25) is 6.41 Å². The molecule has 1 heterocycles. The van der Waals surface area contributed by atoms with Gasteiger partial charge in [-0.05, 0) is 12.5 Å². The number of hydrogen-bond acceptors (Lipinski definition) is 4. The van der Waals surface area contributed by atoms with Crippen molar-refractivity contribution in [2.24, 2.45) is 5.10 Å². The third kappa shape index (κ3) is 3.05. The van der Waals surface area contributed by atoms with Crippen LogP contribution in [-0.2, 0) is 4.79 Å². The van der Waals surface area contributed by atoms with E-state index >= 15 is 0 Å². The number of nitrogens with one attached hydrogen (secondary N) is 2. The minimum absolute atomic E-state index is 0.694. The zero-order chi connectivity index (χ0) is 8.65. The van der Waals surface area contributed by atoms with Crippen molar-refractivity contribution in [1.29, 1.82) is 0 Å². The molecule has 0 bridgehead atoms. The smallest absolute Gasteiger partial charge is 0.207 e. The highest BCUT2D eigenvalue weighted by atomic mass is 16.1. The molecule has 5 nitrogen and oxygen atoms in total. The van der Waals surface area contributed by atoms with E-state index < -0.39 is 0 Å². The molecule has 5 heteroatoms. The Labute approximate surface area is 71.1 Å². The summed E-state index contributed by atoms with van der Waals surface area (Å²) in [4.78, 5) is 9.88. The largest absolute Gasteiger partial charge is 0.359 e. The second-order valence-corrected chi connectivity index (χ2v) is 2.34. The van der Waals surface area contributed by atoms with Gasteiger partial charge in [-0.15, -0.1) is 0 Å². The van der Waals surface area contributed by atoms with Crippen LogP contribution in [0.5, 0.6) is 0 Å². The number of hydrazine groups is 1. The molecule has 0 fully saturated rings. The summed E-state index contributed by atoms with van der Waals surface area (Å²) in [6, 6.07) is 0. The SMILES string of the molecule is O=CNCCCN1C=CC=NN1. The first-order valence-corrected chi connectivity index (χ1v) is 3.82. The van der Waals surface area contributed by atoms with Crippen molar-refractivity contribution in [1.82, 2.24) is 15.9 Å². The quantitative estimate of drug-likeness (QED) is 0.427. The summed E-state index contributed by atoms with van der Waals surface area (Å²) in [6.45, 7) is 1.52. The van der Waals surface area contributed by atoms with Crippen molar-refractivity contribution in [2.75, 3.05) is 13.1 Å². The highest BCUT2D eigenvalue weighted by Crippen LogP contribution is 1.90. The number of carbonyl (C=O) groups excluding carboxylic acids is 1. The van der Waals surface area contributed by atoms with Crippen molar-refractivity contribution in [3.63, 3.8) is 0 Å². The first-order chi connectivity index (χ1) is 5.93. The minimum Gasteiger partial charge on any atom is -0.359 e. The Morgan fingerprint density at radius 2 is 2.58 bits per heavy atom. The van der Waals surface area contributed by atoms with Gasteiger partial charge < -0.3 is 5.32 Å². The number of allylic oxidation sites excluding steroid dienone is 1. The Morgan fingerprint density at radius 3 is 3.25 bits per heavy atom. The summed E-state index contributed by atoms with van der Waals surface area (Å²) < 4.78 is 0. The van der Waals surface area contributed by atoms with Crippen LogP contribution in [0, 0.1) is 0 Å². The van der Waals surface area contributed by atoms with Crippen LogP contribution in [0.1, 0.15) is 6.42 Å². The zero-order valence-corrected chi connectivity index (χ0v) is 6.73. The molecule has 0 atom stereocenters. The third-order valence-corrected chi connectivity index (χ3v) is 1.42. The van der Waals surface area contributed by atoms with Gasteiger partial charge in [0.15, 0.2) is 0 Å². The van der Waals surface area contributed by atoms with Crippen molar-refractivity contribution in [3.05, 3.63) is 12.3 Å². The Morgan fingerprint density at radius 1 is 1.67 bits per heavy atom. The van der Waals surface area contributed by atoms with E-state index in [1.807, 2.05) is 17.3 Å². The molecular formula is C7H12N4O. The summed E-state index contributed by atoms with van der Waals surface area (Å²) in [5.74, 6) is 0. The van der Waals surface area contributed by atoms with Gasteiger partial charge in [-0.2, -0.15) is 5.10 Å². The van der Waals surface area contributed by atoms with Crippen LogP contribution in [0.15, 0.2) is 17.4 Å². The molecule has 0 saturated heterocycles. The van der Waals surface area contributed by atoms with E-state index in [2.05, 4.69) is 16.0 Å². The summed E-state index contributed by atoms with van der Waals surface area (Å²) in [5.41, 5.74) is 2.80. The van der Waals surface area contributed by atoms with Crippen molar-refractivity contribution in [3.8, 4) is 0 Å². The molecular weight excluding hydrogens is 156 g/mol. The molecule has 2 N–H and O–H groups in total. The van der Waals surface area contributed by atoms with E-state index in [0.717, 1.165) is 13.0 Å². The number of rotatable bonds is 5. The van der Waals surface area contributed by atoms with E-state index in [-0.39, 0.29) is 0 Å². The van der Waals surface area contributed by atoms with Crippen LogP contribution in [0.4, 0.5) is 0 Å². The average Bonchev–Trinajstić information content (AvgIpc) is 2.14. The number of hydrazone groups is 1. The van der Waals surface area contributed by atoms with Crippen LogP contribution in [0.25, 0.3) is 0 Å². The molecule has 0 aromatic heterocycles. The minimum atomic E-state index is 0.694. The Bertz CT molecular complexity index is 190. The fourth-order valence-electron chi connectivity index (χ4n) is 0.861. The van der Waals surface area contributed by atoms with Gasteiger partial charge in [-0.25, -0.2) is 5.53 Å². The molecule has 66 valence electrons. The Balaban J connectivity index is 2.03. The van der Waals surface area contributed by atoms with E-state index in [1.54, 1.807) is 6.21 Å². The average molecular weight is 168 g/mol. The molecule has 0 saturated carbocycles. The van der Waals surface area contributed by atoms with Crippen molar-refractivity contribution in [2.45, 2.75) is 6.42 Å². The predicted molar refractivity (Wildman–Crippen MR) is 46.2 cm³/mol. The molecule has 1 aliphatic rings. The lowest BCUT2D eigenvalue weighted by Gasteiger charge is -2.20. The standard InChI is InChI=1S/C7H12N4O/c12-7-8-3-1-5-11-6-2-4-9-10-11/h2,4,6-7,10H,1,3,5H2,(H,8,12). The van der Waals surface area contributed by atoms with Gasteiger partial charge in [-0.1, -0.05) is 0 Å². The number of carbonyl (C=O) groups is 1. The van der Waals surface area contributed by atoms with Crippen LogP contribution >= 0.6 is 0 Å².